The minimum atomic E-state index is -1.02. The van der Waals surface area contributed by atoms with Crippen molar-refractivity contribution in [1.82, 2.24) is 9.88 Å². The molecule has 2 aromatic rings. The van der Waals surface area contributed by atoms with Crippen LogP contribution >= 0.6 is 0 Å². The summed E-state index contributed by atoms with van der Waals surface area (Å²) in [4.78, 5) is 29.5. The summed E-state index contributed by atoms with van der Waals surface area (Å²) in [7, 11) is 4.17. The summed E-state index contributed by atoms with van der Waals surface area (Å²) in [6.45, 7) is 19.3. The van der Waals surface area contributed by atoms with Crippen molar-refractivity contribution in [3.63, 3.8) is 0 Å². The molecule has 8 nitrogen and oxygen atoms in total. The highest BCUT2D eigenvalue weighted by molar-refractivity contribution is 5.93. The standard InChI is InChI=1S/C46H64N6O2/c1-8-50(9-2)41-21-22-42(47-44(41)51(10-3)11-4)52-29-27-49(28-30-52)26-12-24-46(54)25-23-40-38-19-15-34-31-36(53)18-20-37(34)43(38)39(32-45(40,46)5)33-13-16-35(17-14-33)48(6)7/h13-14,16-17,21-22,31,38-40,54H,8-11,15,18-20,23,25-30,32H2,1-7H3/t38-,39+,40-,45-,46-/m0/s1. The second kappa shape index (κ2) is 15.7. The van der Waals surface area contributed by atoms with Gasteiger partial charge in [0.25, 0.3) is 0 Å². The summed E-state index contributed by atoms with van der Waals surface area (Å²) in [6, 6.07) is 13.5. The molecule has 1 saturated heterocycles. The van der Waals surface area contributed by atoms with E-state index in [1.54, 1.807) is 5.57 Å². The number of pyridine rings is 1. The van der Waals surface area contributed by atoms with Gasteiger partial charge in [0.05, 0.1) is 12.2 Å². The number of aromatic nitrogens is 1. The number of carbonyl (C=O) groups is 1. The number of carbonyl (C=O) groups excluding carboxylic acids is 1. The van der Waals surface area contributed by atoms with Crippen LogP contribution in [0.2, 0.25) is 0 Å². The van der Waals surface area contributed by atoms with Gasteiger partial charge in [0.2, 0.25) is 0 Å². The number of hydrogen-bond acceptors (Lipinski definition) is 8. The SMILES string of the molecule is CCN(CC)c1ccc(N2CCN(CC#C[C@]3(O)CC[C@H]4[C@@H]5CCC6=CC(=O)CCC6=C5[C@@H](c5ccc(N(C)C)cc5)C[C@@]43C)CC2)nc1N(CC)CC. The van der Waals surface area contributed by atoms with E-state index in [0.717, 1.165) is 103 Å². The lowest BCUT2D eigenvalue weighted by molar-refractivity contribution is -0.114. The van der Waals surface area contributed by atoms with Gasteiger partial charge >= 0.3 is 0 Å². The summed E-state index contributed by atoms with van der Waals surface area (Å²) in [6.07, 6.45) is 8.06. The predicted octanol–water partition coefficient (Wildman–Crippen LogP) is 7.30. The molecule has 1 aromatic carbocycles. The Bertz CT molecular complexity index is 1810. The van der Waals surface area contributed by atoms with Crippen LogP contribution in [0, 0.1) is 29.1 Å². The topological polar surface area (TPSA) is 66.4 Å². The van der Waals surface area contributed by atoms with Crippen molar-refractivity contribution >= 4 is 28.8 Å². The number of anilines is 4. The van der Waals surface area contributed by atoms with Crippen molar-refractivity contribution in [2.75, 3.05) is 92.6 Å². The predicted molar refractivity (Wildman–Crippen MR) is 224 cm³/mol. The van der Waals surface area contributed by atoms with Crippen LogP contribution in [0.1, 0.15) is 91.0 Å². The zero-order chi connectivity index (χ0) is 38.2. The summed E-state index contributed by atoms with van der Waals surface area (Å²) in [5.41, 5.74) is 6.71. The number of hydrogen-bond donors (Lipinski definition) is 1. The number of allylic oxidation sites excluding steroid dienone is 4. The first-order valence-electron chi connectivity index (χ1n) is 21.0. The molecule has 5 atom stereocenters. The molecule has 3 fully saturated rings. The van der Waals surface area contributed by atoms with E-state index in [0.29, 0.717) is 24.8 Å². The van der Waals surface area contributed by atoms with Gasteiger partial charge in [-0.3, -0.25) is 9.69 Å². The summed E-state index contributed by atoms with van der Waals surface area (Å²) >= 11 is 0. The number of nitrogens with zero attached hydrogens (tertiary/aromatic N) is 6. The molecule has 5 aliphatic rings. The van der Waals surface area contributed by atoms with E-state index in [2.05, 4.69) is 121 Å². The van der Waals surface area contributed by atoms with Gasteiger partial charge in [-0.05, 0) is 125 Å². The van der Waals surface area contributed by atoms with Gasteiger partial charge < -0.3 is 24.7 Å². The second-order valence-corrected chi connectivity index (χ2v) is 16.8. The fourth-order valence-corrected chi connectivity index (χ4v) is 10.8. The Morgan fingerprint density at radius 3 is 2.26 bits per heavy atom. The molecule has 290 valence electrons. The first-order chi connectivity index (χ1) is 26.0. The quantitative estimate of drug-likeness (QED) is 0.256. The van der Waals surface area contributed by atoms with Gasteiger partial charge in [-0.25, -0.2) is 4.98 Å². The fraction of sp³-hybridized carbons (Fsp3) is 0.609. The molecule has 0 spiro atoms. The number of fused-ring (bicyclic) bond motifs is 4. The van der Waals surface area contributed by atoms with E-state index in [9.17, 15) is 9.90 Å². The van der Waals surface area contributed by atoms with E-state index >= 15 is 0 Å². The largest absolute Gasteiger partial charge is 0.378 e. The average Bonchev–Trinajstić information content (AvgIpc) is 3.45. The van der Waals surface area contributed by atoms with E-state index in [1.165, 1.54) is 28.1 Å². The Balaban J connectivity index is 1.08. The van der Waals surface area contributed by atoms with Crippen molar-refractivity contribution in [2.24, 2.45) is 17.3 Å². The third-order valence-electron chi connectivity index (χ3n) is 14.0. The first-order valence-corrected chi connectivity index (χ1v) is 21.0. The van der Waals surface area contributed by atoms with Gasteiger partial charge in [-0.2, -0.15) is 0 Å². The Labute approximate surface area is 325 Å². The van der Waals surface area contributed by atoms with Crippen LogP contribution in [0.15, 0.2) is 59.2 Å². The van der Waals surface area contributed by atoms with Crippen molar-refractivity contribution in [3.8, 4) is 11.8 Å². The third kappa shape index (κ3) is 6.96. The molecule has 0 bridgehead atoms. The normalized spacial score (nSPS) is 28.1. The van der Waals surface area contributed by atoms with Gasteiger partial charge in [0.1, 0.15) is 11.4 Å². The van der Waals surface area contributed by atoms with Gasteiger partial charge in [-0.1, -0.05) is 36.5 Å². The summed E-state index contributed by atoms with van der Waals surface area (Å²) in [5.74, 6) is 10.5. The van der Waals surface area contributed by atoms with E-state index in [4.69, 9.17) is 4.98 Å². The van der Waals surface area contributed by atoms with Crippen molar-refractivity contribution in [1.29, 1.82) is 0 Å². The molecule has 1 N–H and O–H groups in total. The molecule has 4 aliphatic carbocycles. The van der Waals surface area contributed by atoms with Gasteiger partial charge in [0, 0.05) is 89.9 Å². The number of ketones is 1. The molecule has 0 radical (unpaired) electrons. The zero-order valence-corrected chi connectivity index (χ0v) is 34.1. The monoisotopic (exact) mass is 733 g/mol. The van der Waals surface area contributed by atoms with E-state index < -0.39 is 5.60 Å². The van der Waals surface area contributed by atoms with Crippen LogP contribution in [0.4, 0.5) is 23.0 Å². The Hall–Kier alpha value is -3.80. The van der Waals surface area contributed by atoms with Crippen LogP contribution < -0.4 is 19.6 Å². The van der Waals surface area contributed by atoms with Crippen LogP contribution in [0.25, 0.3) is 0 Å². The number of piperazine rings is 1. The Morgan fingerprint density at radius 1 is 0.889 bits per heavy atom. The minimum Gasteiger partial charge on any atom is -0.378 e. The van der Waals surface area contributed by atoms with E-state index in [-0.39, 0.29) is 17.1 Å². The van der Waals surface area contributed by atoms with Crippen molar-refractivity contribution in [2.45, 2.75) is 91.1 Å². The lowest BCUT2D eigenvalue weighted by Gasteiger charge is -2.53. The molecule has 8 heteroatoms. The van der Waals surface area contributed by atoms with Crippen LogP contribution in [0.5, 0.6) is 0 Å². The number of benzene rings is 1. The van der Waals surface area contributed by atoms with Gasteiger partial charge in [-0.15, -0.1) is 0 Å². The van der Waals surface area contributed by atoms with E-state index in [1.807, 2.05) is 6.08 Å². The Kier molecular flexibility index (Phi) is 11.2. The average molecular weight is 733 g/mol. The van der Waals surface area contributed by atoms with Crippen LogP contribution in [-0.2, 0) is 4.79 Å². The minimum absolute atomic E-state index is 0.218. The summed E-state index contributed by atoms with van der Waals surface area (Å²) in [5, 5.41) is 12.6. The molecule has 2 heterocycles. The molecule has 0 unspecified atom stereocenters. The molecule has 1 aliphatic heterocycles. The second-order valence-electron chi connectivity index (χ2n) is 16.8. The zero-order valence-electron chi connectivity index (χ0n) is 34.1. The van der Waals surface area contributed by atoms with Crippen molar-refractivity contribution < 1.29 is 9.90 Å². The van der Waals surface area contributed by atoms with Gasteiger partial charge in [0.15, 0.2) is 11.6 Å². The maximum atomic E-state index is 12.6. The number of rotatable bonds is 10. The molecular weight excluding hydrogens is 669 g/mol. The summed E-state index contributed by atoms with van der Waals surface area (Å²) < 4.78 is 0. The lowest BCUT2D eigenvalue weighted by atomic mass is 9.51. The molecule has 7 rings (SSSR count). The maximum absolute atomic E-state index is 12.6. The molecular formula is C46H64N6O2. The maximum Gasteiger partial charge on any atom is 0.156 e. The highest BCUT2D eigenvalue weighted by Crippen LogP contribution is 2.66. The first kappa shape index (κ1) is 38.5. The highest BCUT2D eigenvalue weighted by atomic mass is 16.3. The molecule has 54 heavy (non-hydrogen) atoms. The van der Waals surface area contributed by atoms with Crippen LogP contribution in [-0.4, -0.2) is 99.4 Å². The lowest BCUT2D eigenvalue weighted by Crippen LogP contribution is -2.51. The molecule has 0 amide bonds. The molecule has 1 aromatic heterocycles. The smallest absolute Gasteiger partial charge is 0.156 e. The highest BCUT2D eigenvalue weighted by Gasteiger charge is 2.62. The number of aliphatic hydroxyl groups is 1. The third-order valence-corrected chi connectivity index (χ3v) is 14.0. The Morgan fingerprint density at radius 2 is 1.59 bits per heavy atom. The van der Waals surface area contributed by atoms with Crippen LogP contribution in [0.3, 0.4) is 0 Å². The fourth-order valence-electron chi connectivity index (χ4n) is 10.8. The molecule has 2 saturated carbocycles. The van der Waals surface area contributed by atoms with Crippen molar-refractivity contribution in [3.05, 3.63) is 64.8 Å².